The molecule has 0 aromatic carbocycles. The lowest BCUT2D eigenvalue weighted by molar-refractivity contribution is 0.355. The van der Waals surface area contributed by atoms with Gasteiger partial charge in [-0.05, 0) is 39.0 Å². The lowest BCUT2D eigenvalue weighted by atomic mass is 10.3. The Labute approximate surface area is 91.0 Å². The minimum atomic E-state index is 0.409. The van der Waals surface area contributed by atoms with Crippen molar-refractivity contribution in [2.45, 2.75) is 27.3 Å². The molecule has 3 heteroatoms. The van der Waals surface area contributed by atoms with Gasteiger partial charge in [0.05, 0.1) is 5.69 Å². The van der Waals surface area contributed by atoms with Gasteiger partial charge in [-0.2, -0.15) is 0 Å². The molecule has 0 saturated heterocycles. The van der Waals surface area contributed by atoms with E-state index in [2.05, 4.69) is 4.98 Å². The van der Waals surface area contributed by atoms with Crippen LogP contribution in [0.4, 0.5) is 0 Å². The largest absolute Gasteiger partial charge is 0.488 e. The minimum absolute atomic E-state index is 0.409. The zero-order chi connectivity index (χ0) is 11.3. The van der Waals surface area contributed by atoms with E-state index >= 15 is 0 Å². The Morgan fingerprint density at radius 1 is 1.47 bits per heavy atom. The molecular weight excluding hydrogens is 188 g/mol. The van der Waals surface area contributed by atoms with E-state index in [-0.39, 0.29) is 0 Å². The van der Waals surface area contributed by atoms with E-state index in [1.807, 2.05) is 39.0 Å². The highest BCUT2D eigenvalue weighted by Crippen LogP contribution is 2.16. The molecule has 0 radical (unpaired) electrons. The Kier molecular flexibility index (Phi) is 4.31. The first-order valence-electron chi connectivity index (χ1n) is 5.06. The predicted molar refractivity (Wildman–Crippen MR) is 61.8 cm³/mol. The van der Waals surface area contributed by atoms with Crippen molar-refractivity contribution in [3.05, 3.63) is 35.2 Å². The fourth-order valence-electron chi connectivity index (χ4n) is 1.17. The molecule has 1 rings (SSSR count). The van der Waals surface area contributed by atoms with E-state index in [4.69, 9.17) is 10.5 Å². The first kappa shape index (κ1) is 11.7. The maximum Gasteiger partial charge on any atom is 0.142 e. The summed E-state index contributed by atoms with van der Waals surface area (Å²) in [6.45, 7) is 7.01. The van der Waals surface area contributed by atoms with Crippen LogP contribution in [0.25, 0.3) is 0 Å². The normalized spacial score (nSPS) is 9.87. The van der Waals surface area contributed by atoms with Crippen LogP contribution < -0.4 is 10.5 Å². The molecule has 82 valence electrons. The summed E-state index contributed by atoms with van der Waals surface area (Å²) in [5.74, 6) is 0.778. The van der Waals surface area contributed by atoms with Gasteiger partial charge in [-0.1, -0.05) is 5.57 Å². The van der Waals surface area contributed by atoms with Crippen molar-refractivity contribution < 1.29 is 4.74 Å². The van der Waals surface area contributed by atoms with Crippen molar-refractivity contribution >= 4 is 0 Å². The van der Waals surface area contributed by atoms with E-state index < -0.39 is 0 Å². The van der Waals surface area contributed by atoms with Crippen LogP contribution in [0.1, 0.15) is 25.2 Å². The van der Waals surface area contributed by atoms with Gasteiger partial charge in [0.15, 0.2) is 0 Å². The fourth-order valence-corrected chi connectivity index (χ4v) is 1.17. The SMILES string of the molecule is CC(C)=CCOc1ccc(C)nc1CN. The zero-order valence-corrected chi connectivity index (χ0v) is 9.58. The number of allylic oxidation sites excluding steroid dienone is 1. The van der Waals surface area contributed by atoms with Gasteiger partial charge in [-0.15, -0.1) is 0 Å². The average molecular weight is 206 g/mol. The van der Waals surface area contributed by atoms with Crippen molar-refractivity contribution in [2.24, 2.45) is 5.73 Å². The van der Waals surface area contributed by atoms with Crippen LogP contribution in [0.2, 0.25) is 0 Å². The molecule has 15 heavy (non-hydrogen) atoms. The van der Waals surface area contributed by atoms with E-state index in [0.29, 0.717) is 13.2 Å². The van der Waals surface area contributed by atoms with Crippen molar-refractivity contribution in [2.75, 3.05) is 6.61 Å². The van der Waals surface area contributed by atoms with Gasteiger partial charge in [-0.25, -0.2) is 0 Å². The lowest BCUT2D eigenvalue weighted by Gasteiger charge is -2.08. The molecular formula is C12H18N2O. The molecule has 0 saturated carbocycles. The highest BCUT2D eigenvalue weighted by molar-refractivity contribution is 5.29. The molecule has 2 N–H and O–H groups in total. The maximum absolute atomic E-state index is 5.59. The molecule has 0 atom stereocenters. The van der Waals surface area contributed by atoms with Crippen LogP contribution in [0.15, 0.2) is 23.8 Å². The molecule has 0 fully saturated rings. The second-order valence-electron chi connectivity index (χ2n) is 3.69. The number of nitrogens with zero attached hydrogens (tertiary/aromatic N) is 1. The molecule has 1 aromatic heterocycles. The molecule has 1 aromatic rings. The molecule has 0 amide bonds. The van der Waals surface area contributed by atoms with E-state index in [1.165, 1.54) is 5.57 Å². The lowest BCUT2D eigenvalue weighted by Crippen LogP contribution is -2.05. The third-order valence-corrected chi connectivity index (χ3v) is 2.00. The Bertz CT molecular complexity index is 355. The second kappa shape index (κ2) is 5.51. The Morgan fingerprint density at radius 2 is 2.20 bits per heavy atom. The maximum atomic E-state index is 5.59. The van der Waals surface area contributed by atoms with Crippen molar-refractivity contribution in [1.82, 2.24) is 4.98 Å². The van der Waals surface area contributed by atoms with Gasteiger partial charge in [-0.3, -0.25) is 4.98 Å². The monoisotopic (exact) mass is 206 g/mol. The van der Waals surface area contributed by atoms with Crippen LogP contribution in [0.3, 0.4) is 0 Å². The summed E-state index contributed by atoms with van der Waals surface area (Å²) in [7, 11) is 0. The van der Waals surface area contributed by atoms with Crippen molar-refractivity contribution in [3.63, 3.8) is 0 Å². The third kappa shape index (κ3) is 3.72. The number of pyridine rings is 1. The first-order valence-corrected chi connectivity index (χ1v) is 5.06. The number of aryl methyl sites for hydroxylation is 1. The van der Waals surface area contributed by atoms with E-state index in [1.54, 1.807) is 0 Å². The van der Waals surface area contributed by atoms with Crippen molar-refractivity contribution in [1.29, 1.82) is 0 Å². The topological polar surface area (TPSA) is 48.1 Å². The van der Waals surface area contributed by atoms with Crippen molar-refractivity contribution in [3.8, 4) is 5.75 Å². The van der Waals surface area contributed by atoms with Crippen LogP contribution >= 0.6 is 0 Å². The van der Waals surface area contributed by atoms with Crippen LogP contribution in [-0.4, -0.2) is 11.6 Å². The molecule has 1 heterocycles. The average Bonchev–Trinajstić information content (AvgIpc) is 2.19. The molecule has 0 aliphatic carbocycles. The van der Waals surface area contributed by atoms with Crippen LogP contribution in [0, 0.1) is 6.92 Å². The van der Waals surface area contributed by atoms with Crippen LogP contribution in [-0.2, 0) is 6.54 Å². The molecule has 0 spiro atoms. The zero-order valence-electron chi connectivity index (χ0n) is 9.58. The quantitative estimate of drug-likeness (QED) is 0.768. The summed E-state index contributed by atoms with van der Waals surface area (Å²) in [6.07, 6.45) is 2.03. The summed E-state index contributed by atoms with van der Waals surface area (Å²) in [5.41, 5.74) is 8.61. The number of rotatable bonds is 4. The highest BCUT2D eigenvalue weighted by Gasteiger charge is 2.02. The summed E-state index contributed by atoms with van der Waals surface area (Å²) >= 11 is 0. The number of hydrogen-bond donors (Lipinski definition) is 1. The fraction of sp³-hybridized carbons (Fsp3) is 0.417. The molecule has 0 bridgehead atoms. The van der Waals surface area contributed by atoms with Gasteiger partial charge in [0.25, 0.3) is 0 Å². The minimum Gasteiger partial charge on any atom is -0.488 e. The van der Waals surface area contributed by atoms with Gasteiger partial charge in [0.2, 0.25) is 0 Å². The standard InChI is InChI=1S/C12H18N2O/c1-9(2)6-7-15-12-5-4-10(3)14-11(12)8-13/h4-6H,7-8,13H2,1-3H3. The predicted octanol–water partition coefficient (Wildman–Crippen LogP) is 2.19. The van der Waals surface area contributed by atoms with Gasteiger partial charge < -0.3 is 10.5 Å². The first-order chi connectivity index (χ1) is 7.13. The molecule has 0 unspecified atom stereocenters. The molecule has 0 aliphatic heterocycles. The number of hydrogen-bond acceptors (Lipinski definition) is 3. The summed E-state index contributed by atoms with van der Waals surface area (Å²) in [6, 6.07) is 3.85. The molecule has 3 nitrogen and oxygen atoms in total. The number of nitrogens with two attached hydrogens (primary N) is 1. The van der Waals surface area contributed by atoms with E-state index in [0.717, 1.165) is 17.1 Å². The van der Waals surface area contributed by atoms with Crippen LogP contribution in [0.5, 0.6) is 5.75 Å². The summed E-state index contributed by atoms with van der Waals surface area (Å²) in [4.78, 5) is 4.32. The summed E-state index contributed by atoms with van der Waals surface area (Å²) < 4.78 is 5.57. The number of ether oxygens (including phenoxy) is 1. The summed E-state index contributed by atoms with van der Waals surface area (Å²) in [5, 5.41) is 0. The van der Waals surface area contributed by atoms with E-state index in [9.17, 15) is 0 Å². The van der Waals surface area contributed by atoms with Gasteiger partial charge in [0, 0.05) is 12.2 Å². The molecule has 0 aliphatic rings. The smallest absolute Gasteiger partial charge is 0.142 e. The highest BCUT2D eigenvalue weighted by atomic mass is 16.5. The third-order valence-electron chi connectivity index (χ3n) is 2.00. The number of aromatic nitrogens is 1. The Balaban J connectivity index is 2.72. The van der Waals surface area contributed by atoms with Gasteiger partial charge >= 0.3 is 0 Å². The van der Waals surface area contributed by atoms with Gasteiger partial charge in [0.1, 0.15) is 12.4 Å². The second-order valence-corrected chi connectivity index (χ2v) is 3.69. The Morgan fingerprint density at radius 3 is 2.80 bits per heavy atom. The Hall–Kier alpha value is -1.35.